The molecule has 0 radical (unpaired) electrons. The van der Waals surface area contributed by atoms with Crippen LogP contribution in [0.2, 0.25) is 0 Å². The van der Waals surface area contributed by atoms with Gasteiger partial charge in [-0.25, -0.2) is 4.98 Å². The van der Waals surface area contributed by atoms with E-state index in [2.05, 4.69) is 59.7 Å². The number of aromatic nitrogens is 3. The van der Waals surface area contributed by atoms with Crippen molar-refractivity contribution in [2.45, 2.75) is 85.2 Å². The smallest absolute Gasteiger partial charge is 0.148 e. The minimum atomic E-state index is -3.41. The fraction of sp³-hybridized carbons (Fsp3) is 0.194. The van der Waals surface area contributed by atoms with Gasteiger partial charge in [-0.15, -0.1) is 23.8 Å². The molecule has 10 rings (SSSR count). The number of aromatic hydroxyl groups is 1. The largest absolute Gasteiger partial charge is 0.507 e. The Morgan fingerprint density at radius 2 is 1.08 bits per heavy atom. The first-order valence-electron chi connectivity index (χ1n) is 29.8. The van der Waals surface area contributed by atoms with Crippen molar-refractivity contribution in [2.75, 3.05) is 0 Å². The van der Waals surface area contributed by atoms with Crippen LogP contribution in [0.1, 0.15) is 101 Å². The van der Waals surface area contributed by atoms with Crippen molar-refractivity contribution in [2.24, 2.45) is 0 Å². The Labute approximate surface area is 457 Å². The van der Waals surface area contributed by atoms with Crippen molar-refractivity contribution in [3.8, 4) is 89.7 Å². The number of hydrogen-bond donors (Lipinski definition) is 1. The number of imidazole rings is 1. The predicted octanol–water partition coefficient (Wildman–Crippen LogP) is 17.8. The molecule has 0 aliphatic rings. The average Bonchev–Trinajstić information content (AvgIpc) is 0.964. The van der Waals surface area contributed by atoms with Crippen LogP contribution >= 0.6 is 0 Å². The van der Waals surface area contributed by atoms with Gasteiger partial charge in [0.25, 0.3) is 0 Å². The van der Waals surface area contributed by atoms with Crippen LogP contribution in [0.3, 0.4) is 0 Å². The predicted molar refractivity (Wildman–Crippen MR) is 298 cm³/mol. The third kappa shape index (κ3) is 9.90. The number of phenols is 1. The molecule has 72 heavy (non-hydrogen) atoms. The molecule has 0 saturated carbocycles. The number of para-hydroxylation sites is 1. The van der Waals surface area contributed by atoms with Crippen LogP contribution in [-0.4, -0.2) is 19.6 Å². The maximum Gasteiger partial charge on any atom is 0.148 e. The molecule has 0 bridgehead atoms. The van der Waals surface area contributed by atoms with Crippen LogP contribution in [0.4, 0.5) is 0 Å². The normalized spacial score (nSPS) is 15.1. The second-order valence-electron chi connectivity index (χ2n) is 20.4. The zero-order valence-electron chi connectivity index (χ0n) is 53.0. The fourth-order valence-corrected chi connectivity index (χ4v) is 9.25. The second kappa shape index (κ2) is 19.5. The van der Waals surface area contributed by atoms with E-state index in [1.54, 1.807) is 24.4 Å². The van der Waals surface area contributed by atoms with Crippen LogP contribution in [0.15, 0.2) is 188 Å². The van der Waals surface area contributed by atoms with Crippen molar-refractivity contribution in [1.82, 2.24) is 14.5 Å². The van der Waals surface area contributed by atoms with Gasteiger partial charge < -0.3 is 5.11 Å². The number of fused-ring (bicyclic) bond motifs is 1. The Hall–Kier alpha value is -7.13. The van der Waals surface area contributed by atoms with Gasteiger partial charge in [0.2, 0.25) is 0 Å². The molecular formula is C67H62N3OPt-. The van der Waals surface area contributed by atoms with Crippen LogP contribution < -0.4 is 0 Å². The van der Waals surface area contributed by atoms with Crippen molar-refractivity contribution in [3.63, 3.8) is 0 Å². The standard InChI is InChI=1S/C67H62N3O.Pt/c1-43-36-61(57(46-20-15-12-16-21-46)42-56(43)47-26-30-53(31-27-47)66(5,6)7)70-60-23-17-22-55(63(60)69-64(70)58-41-54(67(8,9)10)32-33-62(58)71)50-37-49(44-18-13-11-14-19-44)38-51(39-50)59-40-48(34-35-68-59)45-24-28-52(29-25-45)65(2,3)4;/h11-38,40-42,71H,1-10H3;/q-1;/i1D3,2D3,3D3,4D3;. The zero-order chi connectivity index (χ0) is 59.8. The summed E-state index contributed by atoms with van der Waals surface area (Å²) in [4.78, 5) is 10.3. The van der Waals surface area contributed by atoms with E-state index < -0.39 is 32.8 Å². The first-order chi connectivity index (χ1) is 38.9. The Morgan fingerprint density at radius 1 is 0.486 bits per heavy atom. The first-order valence-corrected chi connectivity index (χ1v) is 23.8. The van der Waals surface area contributed by atoms with Crippen LogP contribution in [0.5, 0.6) is 5.75 Å². The van der Waals surface area contributed by atoms with Gasteiger partial charge in [0, 0.05) is 55.0 Å². The van der Waals surface area contributed by atoms with E-state index in [1.807, 2.05) is 132 Å². The summed E-state index contributed by atoms with van der Waals surface area (Å²) in [5, 5.41) is 12.0. The van der Waals surface area contributed by atoms with E-state index in [1.165, 1.54) is 24.3 Å². The SMILES string of the molecule is [2H]C([2H])([2H])c1cc(-n2c(-c3cc(C(C)(C)C)ccc3O)nc3c(-c4[c-]c(-c5cc(-c6ccc(C(C([2H])([2H])[2H])(C([2H])([2H])[2H])C([2H])([2H])[2H])cc6)ccn5)cc(-c5ccccc5)c4)cccc32)c(-c2ccccc2)cc1-c1ccc(C(C)(C)C)cc1.[Pt]. The van der Waals surface area contributed by atoms with Crippen LogP contribution in [0.25, 0.3) is 95.0 Å². The molecule has 362 valence electrons. The number of pyridine rings is 1. The average molecular weight is 1130 g/mol. The summed E-state index contributed by atoms with van der Waals surface area (Å²) in [6.45, 7) is -0.0869. The fourth-order valence-electron chi connectivity index (χ4n) is 9.25. The molecule has 4 nitrogen and oxygen atoms in total. The summed E-state index contributed by atoms with van der Waals surface area (Å²) in [5.41, 5.74) is 8.57. The summed E-state index contributed by atoms with van der Waals surface area (Å²) in [7, 11) is 0. The van der Waals surface area contributed by atoms with Crippen molar-refractivity contribution in [3.05, 3.63) is 217 Å². The summed E-state index contributed by atoms with van der Waals surface area (Å²) in [6, 6.07) is 59.6. The molecule has 1 N–H and O–H groups in total. The topological polar surface area (TPSA) is 50.9 Å². The van der Waals surface area contributed by atoms with Crippen LogP contribution in [0, 0.1) is 12.9 Å². The summed E-state index contributed by atoms with van der Waals surface area (Å²) >= 11 is 0. The van der Waals surface area contributed by atoms with Gasteiger partial charge in [0.1, 0.15) is 11.6 Å². The molecule has 0 spiro atoms. The third-order valence-electron chi connectivity index (χ3n) is 13.3. The molecule has 0 aliphatic carbocycles. The molecule has 0 fully saturated rings. The van der Waals surface area contributed by atoms with Crippen molar-refractivity contribution in [1.29, 1.82) is 0 Å². The molecule has 0 atom stereocenters. The van der Waals surface area contributed by atoms with Gasteiger partial charge in [-0.1, -0.05) is 212 Å². The van der Waals surface area contributed by atoms with Gasteiger partial charge in [0.05, 0.1) is 22.3 Å². The Balaban J connectivity index is 0.00000846. The molecule has 2 aromatic heterocycles. The molecule has 0 amide bonds. The molecule has 0 aliphatic heterocycles. The van der Waals surface area contributed by atoms with E-state index >= 15 is 0 Å². The molecule has 10 aromatic rings. The number of phenolic OH excluding ortho intramolecular Hbond substituents is 1. The van der Waals surface area contributed by atoms with E-state index in [4.69, 9.17) is 26.4 Å². The van der Waals surface area contributed by atoms with Gasteiger partial charge in [-0.3, -0.25) is 9.55 Å². The molecule has 8 aromatic carbocycles. The monoisotopic (exact) mass is 1130 g/mol. The van der Waals surface area contributed by atoms with Gasteiger partial charge in [-0.2, -0.15) is 0 Å². The molecule has 2 heterocycles. The van der Waals surface area contributed by atoms with Crippen molar-refractivity contribution < 1.29 is 42.6 Å². The Morgan fingerprint density at radius 3 is 1.74 bits per heavy atom. The van der Waals surface area contributed by atoms with E-state index in [0.717, 1.165) is 38.9 Å². The quantitative estimate of drug-likeness (QED) is 0.154. The number of rotatable bonds is 8. The van der Waals surface area contributed by atoms with E-state index in [0.29, 0.717) is 67.2 Å². The number of aryl methyl sites for hydroxylation is 1. The Kier molecular flexibility index (Phi) is 9.93. The number of nitrogens with zero attached hydrogens (tertiary/aromatic N) is 3. The van der Waals surface area contributed by atoms with Crippen molar-refractivity contribution >= 4 is 11.0 Å². The van der Waals surface area contributed by atoms with E-state index in [9.17, 15) is 5.11 Å². The molecular weight excluding hydrogens is 1060 g/mol. The molecule has 5 heteroatoms. The minimum Gasteiger partial charge on any atom is -0.507 e. The number of benzene rings is 8. The number of hydrogen-bond acceptors (Lipinski definition) is 3. The minimum absolute atomic E-state index is 0. The molecule has 0 unspecified atom stereocenters. The van der Waals surface area contributed by atoms with Gasteiger partial charge >= 0.3 is 0 Å². The maximum atomic E-state index is 12.0. The summed E-state index contributed by atoms with van der Waals surface area (Å²) in [5.74, 6) is 0.358. The second-order valence-corrected chi connectivity index (χ2v) is 20.4. The zero-order valence-corrected chi connectivity index (χ0v) is 43.3. The summed E-state index contributed by atoms with van der Waals surface area (Å²) in [6.07, 6.45) is 1.62. The third-order valence-corrected chi connectivity index (χ3v) is 13.3. The van der Waals surface area contributed by atoms with E-state index in [-0.39, 0.29) is 48.8 Å². The Bertz CT molecular complexity index is 4010. The summed E-state index contributed by atoms with van der Waals surface area (Å²) < 4.78 is 103. The maximum absolute atomic E-state index is 12.0. The van der Waals surface area contributed by atoms with Gasteiger partial charge in [0.15, 0.2) is 0 Å². The van der Waals surface area contributed by atoms with Gasteiger partial charge in [-0.05, 0) is 115 Å². The first kappa shape index (κ1) is 36.7. The molecule has 0 saturated heterocycles. The van der Waals surface area contributed by atoms with Crippen LogP contribution in [-0.2, 0) is 37.3 Å².